The standard InChI is InChI=1S/C14H20FNO.C14H16N2O/c1-10-5-12(6-10)7-11(2)9-17-14-4-3-13(15)8-16-14;1-10(2)6-7-13(11(3)12(4)17)14-15-8-5-9-16-14/h3-4,8,10-12H,5-7,9H2,1-2H3;5-9H,1H2,2-4H3/b;7-6-,13-11-. The second-order valence-electron chi connectivity index (χ2n) is 9.26. The molecule has 0 aliphatic heterocycles. The number of carbonyl (C=O) groups is 1. The molecule has 2 heterocycles. The molecule has 0 amide bonds. The van der Waals surface area contributed by atoms with Crippen LogP contribution in [0, 0.1) is 23.6 Å². The zero-order valence-corrected chi connectivity index (χ0v) is 20.9. The molecule has 0 N–H and O–H groups in total. The van der Waals surface area contributed by atoms with Gasteiger partial charge < -0.3 is 4.74 Å². The number of pyridine rings is 1. The number of hydrogen-bond acceptors (Lipinski definition) is 5. The summed E-state index contributed by atoms with van der Waals surface area (Å²) in [5.74, 6) is 3.08. The predicted molar refractivity (Wildman–Crippen MR) is 135 cm³/mol. The van der Waals surface area contributed by atoms with Gasteiger partial charge in [-0.15, -0.1) is 0 Å². The molecule has 1 aliphatic carbocycles. The van der Waals surface area contributed by atoms with Gasteiger partial charge in [0.1, 0.15) is 5.82 Å². The summed E-state index contributed by atoms with van der Waals surface area (Å²) in [5.41, 5.74) is 2.30. The molecule has 2 aromatic heterocycles. The van der Waals surface area contributed by atoms with Gasteiger partial charge in [-0.2, -0.15) is 0 Å². The van der Waals surface area contributed by atoms with Gasteiger partial charge in [0.05, 0.1) is 12.8 Å². The highest BCUT2D eigenvalue weighted by atomic mass is 19.1. The Hall–Kier alpha value is -3.15. The lowest BCUT2D eigenvalue weighted by molar-refractivity contribution is -0.113. The molecule has 1 aliphatic rings. The van der Waals surface area contributed by atoms with Crippen LogP contribution in [-0.4, -0.2) is 27.3 Å². The van der Waals surface area contributed by atoms with Gasteiger partial charge in [0.25, 0.3) is 0 Å². The molecule has 1 unspecified atom stereocenters. The molecule has 182 valence electrons. The maximum absolute atomic E-state index is 12.6. The van der Waals surface area contributed by atoms with E-state index in [1.165, 1.54) is 38.4 Å². The van der Waals surface area contributed by atoms with Crippen molar-refractivity contribution in [2.45, 2.75) is 53.9 Å². The van der Waals surface area contributed by atoms with E-state index in [1.54, 1.807) is 31.5 Å². The number of carbonyl (C=O) groups excluding carboxylic acids is 1. The van der Waals surface area contributed by atoms with E-state index >= 15 is 0 Å². The van der Waals surface area contributed by atoms with Crippen molar-refractivity contribution in [3.8, 4) is 5.88 Å². The van der Waals surface area contributed by atoms with Gasteiger partial charge in [0.15, 0.2) is 11.6 Å². The van der Waals surface area contributed by atoms with Crippen molar-refractivity contribution in [1.82, 2.24) is 15.0 Å². The minimum Gasteiger partial charge on any atom is -0.477 e. The minimum atomic E-state index is -0.325. The molecule has 0 saturated heterocycles. The average molecular weight is 466 g/mol. The number of allylic oxidation sites excluding steroid dienone is 5. The lowest BCUT2D eigenvalue weighted by atomic mass is 9.72. The molecule has 6 heteroatoms. The summed E-state index contributed by atoms with van der Waals surface area (Å²) in [7, 11) is 0. The van der Waals surface area contributed by atoms with Crippen LogP contribution in [0.5, 0.6) is 5.88 Å². The van der Waals surface area contributed by atoms with Gasteiger partial charge in [-0.05, 0) is 69.9 Å². The largest absolute Gasteiger partial charge is 0.477 e. The SMILES string of the molecule is C=C(C)/C=C\C(=C(/C)C(C)=O)c1ncccn1.CC(COc1ccc(F)cn1)CC1CC(C)C1. The zero-order chi connectivity index (χ0) is 25.1. The molecule has 34 heavy (non-hydrogen) atoms. The Morgan fingerprint density at radius 2 is 1.85 bits per heavy atom. The average Bonchev–Trinajstić information content (AvgIpc) is 2.78. The molecule has 2 aromatic rings. The maximum atomic E-state index is 12.6. The number of ether oxygens (including phenoxy) is 1. The third-order valence-corrected chi connectivity index (χ3v) is 5.70. The third-order valence-electron chi connectivity index (χ3n) is 5.70. The Bertz CT molecular complexity index is 994. The number of ketones is 1. The molecule has 1 saturated carbocycles. The normalized spacial score (nSPS) is 18.8. The first-order valence-corrected chi connectivity index (χ1v) is 11.7. The molecule has 0 radical (unpaired) electrons. The number of rotatable bonds is 9. The van der Waals surface area contributed by atoms with E-state index in [9.17, 15) is 9.18 Å². The fourth-order valence-corrected chi connectivity index (χ4v) is 3.79. The molecular formula is C28H36FN3O2. The van der Waals surface area contributed by atoms with Crippen molar-refractivity contribution >= 4 is 11.4 Å². The molecule has 5 nitrogen and oxygen atoms in total. The second kappa shape index (κ2) is 13.5. The summed E-state index contributed by atoms with van der Waals surface area (Å²) in [6, 6.07) is 4.70. The summed E-state index contributed by atoms with van der Waals surface area (Å²) >= 11 is 0. The van der Waals surface area contributed by atoms with Crippen molar-refractivity contribution in [3.63, 3.8) is 0 Å². The van der Waals surface area contributed by atoms with E-state index in [2.05, 4.69) is 35.4 Å². The summed E-state index contributed by atoms with van der Waals surface area (Å²) in [4.78, 5) is 23.6. The van der Waals surface area contributed by atoms with E-state index in [4.69, 9.17) is 4.74 Å². The summed E-state index contributed by atoms with van der Waals surface area (Å²) in [5, 5.41) is 0. The Balaban J connectivity index is 0.000000240. The van der Waals surface area contributed by atoms with E-state index < -0.39 is 0 Å². The smallest absolute Gasteiger partial charge is 0.213 e. The van der Waals surface area contributed by atoms with Crippen molar-refractivity contribution in [1.29, 1.82) is 0 Å². The number of halogens is 1. The van der Waals surface area contributed by atoms with Crippen LogP contribution < -0.4 is 4.74 Å². The van der Waals surface area contributed by atoms with E-state index in [0.29, 0.717) is 29.8 Å². The molecule has 0 aromatic carbocycles. The van der Waals surface area contributed by atoms with Gasteiger partial charge in [-0.1, -0.05) is 38.2 Å². The Morgan fingerprint density at radius 3 is 2.38 bits per heavy atom. The van der Waals surface area contributed by atoms with Crippen LogP contribution in [-0.2, 0) is 4.79 Å². The van der Waals surface area contributed by atoms with Crippen LogP contribution in [0.3, 0.4) is 0 Å². The Morgan fingerprint density at radius 1 is 1.18 bits per heavy atom. The maximum Gasteiger partial charge on any atom is 0.213 e. The van der Waals surface area contributed by atoms with Crippen LogP contribution in [0.15, 0.2) is 66.7 Å². The lowest BCUT2D eigenvalue weighted by Crippen LogP contribution is -2.24. The van der Waals surface area contributed by atoms with Crippen molar-refractivity contribution in [2.24, 2.45) is 17.8 Å². The number of nitrogens with zero attached hydrogens (tertiary/aromatic N) is 3. The first-order chi connectivity index (χ1) is 16.2. The van der Waals surface area contributed by atoms with Crippen LogP contribution >= 0.6 is 0 Å². The quantitative estimate of drug-likeness (QED) is 0.307. The molecule has 1 atom stereocenters. The van der Waals surface area contributed by atoms with Gasteiger partial charge in [0, 0.05) is 29.6 Å². The first-order valence-electron chi connectivity index (χ1n) is 11.7. The van der Waals surface area contributed by atoms with Crippen LogP contribution in [0.1, 0.15) is 59.7 Å². The fourth-order valence-electron chi connectivity index (χ4n) is 3.79. The molecule has 3 rings (SSSR count). The lowest BCUT2D eigenvalue weighted by Gasteiger charge is -2.34. The van der Waals surface area contributed by atoms with Crippen molar-refractivity contribution < 1.29 is 13.9 Å². The number of Topliss-reactive ketones (excluding diaryl/α,β-unsaturated/α-hetero) is 1. The predicted octanol–water partition coefficient (Wildman–Crippen LogP) is 6.64. The van der Waals surface area contributed by atoms with E-state index in [1.807, 2.05) is 19.1 Å². The van der Waals surface area contributed by atoms with Gasteiger partial charge in [0.2, 0.25) is 5.88 Å². The minimum absolute atomic E-state index is 0.0128. The van der Waals surface area contributed by atoms with Gasteiger partial charge in [-0.25, -0.2) is 19.3 Å². The number of aromatic nitrogens is 3. The highest BCUT2D eigenvalue weighted by Crippen LogP contribution is 2.37. The summed E-state index contributed by atoms with van der Waals surface area (Å²) in [6.45, 7) is 14.2. The first kappa shape index (κ1) is 27.1. The highest BCUT2D eigenvalue weighted by Gasteiger charge is 2.26. The molecule has 0 spiro atoms. The van der Waals surface area contributed by atoms with E-state index in [0.717, 1.165) is 23.0 Å². The zero-order valence-electron chi connectivity index (χ0n) is 20.9. The topological polar surface area (TPSA) is 65.0 Å². The monoisotopic (exact) mass is 465 g/mol. The third kappa shape index (κ3) is 9.38. The Kier molecular flexibility index (Phi) is 10.8. The van der Waals surface area contributed by atoms with E-state index in [-0.39, 0.29) is 11.6 Å². The highest BCUT2D eigenvalue weighted by molar-refractivity contribution is 6.01. The second-order valence-corrected chi connectivity index (χ2v) is 9.26. The van der Waals surface area contributed by atoms with Crippen LogP contribution in [0.2, 0.25) is 0 Å². The number of hydrogen-bond donors (Lipinski definition) is 0. The fraction of sp³-hybridized carbons (Fsp3) is 0.429. The van der Waals surface area contributed by atoms with Gasteiger partial charge >= 0.3 is 0 Å². The molecule has 1 fully saturated rings. The van der Waals surface area contributed by atoms with Crippen LogP contribution in [0.4, 0.5) is 4.39 Å². The molecular weight excluding hydrogens is 429 g/mol. The summed E-state index contributed by atoms with van der Waals surface area (Å²) < 4.78 is 18.2. The molecule has 0 bridgehead atoms. The summed E-state index contributed by atoms with van der Waals surface area (Å²) in [6.07, 6.45) is 12.1. The van der Waals surface area contributed by atoms with Crippen molar-refractivity contribution in [3.05, 3.63) is 78.3 Å². The van der Waals surface area contributed by atoms with Crippen molar-refractivity contribution in [2.75, 3.05) is 6.61 Å². The Labute approximate surface area is 202 Å². The van der Waals surface area contributed by atoms with Gasteiger partial charge in [-0.3, -0.25) is 4.79 Å². The van der Waals surface area contributed by atoms with Crippen LogP contribution in [0.25, 0.3) is 5.57 Å².